The van der Waals surface area contributed by atoms with E-state index in [2.05, 4.69) is 46.9 Å². The molecule has 0 saturated carbocycles. The summed E-state index contributed by atoms with van der Waals surface area (Å²) in [7, 11) is 0. The van der Waals surface area contributed by atoms with Crippen molar-refractivity contribution in [3.63, 3.8) is 0 Å². The van der Waals surface area contributed by atoms with Gasteiger partial charge in [0.05, 0.1) is 12.6 Å². The van der Waals surface area contributed by atoms with Crippen molar-refractivity contribution >= 4 is 69.2 Å². The average molecular weight is 967 g/mol. The summed E-state index contributed by atoms with van der Waals surface area (Å²) in [4.78, 5) is 106. The molecule has 5 aromatic rings. The molecule has 6 amide bonds. The molecule has 5 rings (SSSR count). The summed E-state index contributed by atoms with van der Waals surface area (Å²) < 4.78 is 0. The van der Waals surface area contributed by atoms with Crippen LogP contribution in [0.1, 0.15) is 50.3 Å². The molecule has 22 heteroatoms. The molecule has 3 aromatic carbocycles. The minimum absolute atomic E-state index is 0.0473. The third-order valence-corrected chi connectivity index (χ3v) is 11.6. The zero-order valence-electron chi connectivity index (χ0n) is 39.0. The number of fused-ring (bicyclic) bond motifs is 2. The number of aliphatic hydroxyl groups is 1. The number of aliphatic imine (C=N–C) groups is 1. The normalized spacial score (nSPS) is 14.3. The maximum Gasteiger partial charge on any atom is 0.325 e. The fourth-order valence-electron chi connectivity index (χ4n) is 7.54. The summed E-state index contributed by atoms with van der Waals surface area (Å²) in [5, 5.41) is 46.7. The number of para-hydroxylation sites is 2. The number of carboxylic acid groups (broad SMARTS) is 1. The van der Waals surface area contributed by atoms with Crippen molar-refractivity contribution in [2.24, 2.45) is 28.1 Å². The maximum atomic E-state index is 14.9. The number of phenols is 1. The van der Waals surface area contributed by atoms with Crippen LogP contribution in [0.4, 0.5) is 0 Å². The molecule has 0 aliphatic heterocycles. The van der Waals surface area contributed by atoms with Crippen LogP contribution in [0.25, 0.3) is 21.8 Å². The number of nitrogens with one attached hydrogen (secondary N) is 8. The Morgan fingerprint density at radius 2 is 1.04 bits per heavy atom. The second-order valence-electron chi connectivity index (χ2n) is 17.3. The van der Waals surface area contributed by atoms with E-state index >= 15 is 0 Å². The van der Waals surface area contributed by atoms with Gasteiger partial charge in [0.25, 0.3) is 0 Å². The van der Waals surface area contributed by atoms with Gasteiger partial charge in [-0.15, -0.1) is 0 Å². The Bertz CT molecular complexity index is 2660. The number of nitrogens with zero attached hydrogens (tertiary/aromatic N) is 1. The van der Waals surface area contributed by atoms with E-state index in [1.807, 2.05) is 36.4 Å². The number of aromatic amines is 2. The van der Waals surface area contributed by atoms with E-state index in [4.69, 9.17) is 17.2 Å². The Balaban J connectivity index is 1.50. The van der Waals surface area contributed by atoms with Gasteiger partial charge in [0.15, 0.2) is 5.96 Å². The smallest absolute Gasteiger partial charge is 0.325 e. The molecule has 22 nitrogen and oxygen atoms in total. The molecule has 0 spiro atoms. The van der Waals surface area contributed by atoms with Gasteiger partial charge < -0.3 is 74.4 Å². The molecule has 0 fully saturated rings. The number of benzene rings is 3. The second kappa shape index (κ2) is 24.9. The van der Waals surface area contributed by atoms with E-state index in [0.29, 0.717) is 16.7 Å². The first-order valence-corrected chi connectivity index (χ1v) is 22.7. The van der Waals surface area contributed by atoms with Gasteiger partial charge in [-0.1, -0.05) is 62.4 Å². The van der Waals surface area contributed by atoms with Crippen molar-refractivity contribution in [2.75, 3.05) is 13.2 Å². The van der Waals surface area contributed by atoms with Crippen molar-refractivity contribution in [2.45, 2.75) is 95.2 Å². The number of hydrogen-bond acceptors (Lipinski definition) is 11. The molecule has 374 valence electrons. The van der Waals surface area contributed by atoms with Crippen molar-refractivity contribution in [3.05, 3.63) is 102 Å². The van der Waals surface area contributed by atoms with Gasteiger partial charge in [-0.05, 0) is 66.6 Å². The highest BCUT2D eigenvalue weighted by Gasteiger charge is 2.34. The monoisotopic (exact) mass is 966 g/mol. The standard InChI is InChI=1S/C48H62N12O10/c1-25(2)40(49)46(68)60-39(24-61)45(67)56-35(13-8-18-52-48(50)51)41(63)58-37(20-28-22-53-33-11-6-4-9-31(28)33)44(66)59-38(21-29-23-54-34-12-7-5-10-32(29)34)43(65)57-36(42(64)55-26(3)47(69)70)19-27-14-16-30(62)17-15-27/h4-7,9-12,14-17,22-23,25-26,35-40,53-54,61-62H,8,13,18-21,24,49H2,1-3H3,(H,55,64)(H,56,67)(H,57,65)(H,58,63)(H,59,66)(H,60,68)(H,69,70)(H4,50,51,52)/t26-,35-,36-,37-,38-,39-,40-/m0/s1. The molecule has 70 heavy (non-hydrogen) atoms. The van der Waals surface area contributed by atoms with Crippen LogP contribution in [0.5, 0.6) is 5.75 Å². The van der Waals surface area contributed by atoms with Gasteiger partial charge >= 0.3 is 5.97 Å². The lowest BCUT2D eigenvalue weighted by molar-refractivity contribution is -0.141. The largest absolute Gasteiger partial charge is 0.508 e. The van der Waals surface area contributed by atoms with E-state index in [0.717, 1.165) is 21.8 Å². The quantitative estimate of drug-likeness (QED) is 0.0198. The van der Waals surface area contributed by atoms with Gasteiger partial charge in [-0.25, -0.2) is 0 Å². The van der Waals surface area contributed by atoms with E-state index in [1.165, 1.54) is 31.2 Å². The number of H-pyrrole nitrogens is 2. The minimum Gasteiger partial charge on any atom is -0.508 e. The average Bonchev–Trinajstić information content (AvgIpc) is 3.94. The molecule has 0 bridgehead atoms. The van der Waals surface area contributed by atoms with Crippen molar-refractivity contribution < 1.29 is 48.9 Å². The number of carbonyl (C=O) groups excluding carboxylic acids is 6. The highest BCUT2D eigenvalue weighted by molar-refractivity contribution is 5.98. The number of carboxylic acids is 1. The lowest BCUT2D eigenvalue weighted by Crippen LogP contribution is -2.61. The fourth-order valence-corrected chi connectivity index (χ4v) is 7.54. The molecule has 7 atom stereocenters. The van der Waals surface area contributed by atoms with E-state index in [9.17, 15) is 48.9 Å². The van der Waals surface area contributed by atoms with Crippen LogP contribution in [0.15, 0.2) is 90.2 Å². The highest BCUT2D eigenvalue weighted by atomic mass is 16.4. The van der Waals surface area contributed by atoms with Gasteiger partial charge in [0, 0.05) is 60.0 Å². The van der Waals surface area contributed by atoms with Crippen LogP contribution >= 0.6 is 0 Å². The molecule has 0 saturated heterocycles. The molecular weight excluding hydrogens is 905 g/mol. The first-order valence-electron chi connectivity index (χ1n) is 22.7. The first-order chi connectivity index (χ1) is 33.3. The minimum atomic E-state index is -1.51. The van der Waals surface area contributed by atoms with Crippen LogP contribution < -0.4 is 49.1 Å². The zero-order chi connectivity index (χ0) is 51.1. The summed E-state index contributed by atoms with van der Waals surface area (Å²) in [6.45, 7) is 3.88. The Kier molecular flexibility index (Phi) is 18.8. The molecule has 0 aliphatic rings. The van der Waals surface area contributed by atoms with Crippen LogP contribution in [-0.2, 0) is 52.8 Å². The molecule has 0 radical (unpaired) electrons. The Morgan fingerprint density at radius 1 is 0.600 bits per heavy atom. The molecule has 0 aliphatic carbocycles. The van der Waals surface area contributed by atoms with Crippen molar-refractivity contribution in [1.29, 1.82) is 0 Å². The lowest BCUT2D eigenvalue weighted by Gasteiger charge is -2.27. The number of carbonyl (C=O) groups is 7. The fraction of sp³-hybridized carbons (Fsp3) is 0.375. The molecule has 2 heterocycles. The molecule has 2 aromatic heterocycles. The predicted molar refractivity (Wildman–Crippen MR) is 261 cm³/mol. The number of phenolic OH excluding ortho intramolecular Hbond substituents is 1. The van der Waals surface area contributed by atoms with Crippen molar-refractivity contribution in [3.8, 4) is 5.75 Å². The second-order valence-corrected chi connectivity index (χ2v) is 17.3. The van der Waals surface area contributed by atoms with E-state index in [1.54, 1.807) is 38.4 Å². The first kappa shape index (κ1) is 53.0. The van der Waals surface area contributed by atoms with Crippen molar-refractivity contribution in [1.82, 2.24) is 41.9 Å². The summed E-state index contributed by atoms with van der Waals surface area (Å²) in [6, 6.07) is 10.9. The van der Waals surface area contributed by atoms with Crippen LogP contribution in [0.3, 0.4) is 0 Å². The Hall–Kier alpha value is -7.98. The summed E-state index contributed by atoms with van der Waals surface area (Å²) >= 11 is 0. The van der Waals surface area contributed by atoms with Gasteiger partial charge in [0.2, 0.25) is 35.4 Å². The number of aromatic hydroxyl groups is 1. The molecular formula is C48H62N12O10. The van der Waals surface area contributed by atoms with E-state index < -0.39 is 90.3 Å². The molecule has 17 N–H and O–H groups in total. The number of aromatic nitrogens is 2. The van der Waals surface area contributed by atoms with Gasteiger partial charge in [-0.2, -0.15) is 0 Å². The highest BCUT2D eigenvalue weighted by Crippen LogP contribution is 2.22. The van der Waals surface area contributed by atoms with Gasteiger partial charge in [0.1, 0.15) is 42.0 Å². The van der Waals surface area contributed by atoms with E-state index in [-0.39, 0.29) is 56.3 Å². The maximum absolute atomic E-state index is 14.9. The number of guanidine groups is 1. The SMILES string of the molecule is CC(C)[C@H](N)C(=O)N[C@@H](CO)C(=O)N[C@@H](CCCN=C(N)N)C(=O)N[C@@H](Cc1c[nH]c2ccccc12)C(=O)N[C@@H](Cc1c[nH]c2ccccc12)C(=O)N[C@@H](Cc1ccc(O)cc1)C(=O)N[C@@H](C)C(=O)O. The lowest BCUT2D eigenvalue weighted by atomic mass is 10.00. The zero-order valence-corrected chi connectivity index (χ0v) is 39.0. The number of rotatable bonds is 25. The topological polar surface area (TPSA) is 374 Å². The number of aliphatic hydroxyl groups excluding tert-OH is 1. The number of nitrogens with two attached hydrogens (primary N) is 3. The third-order valence-electron chi connectivity index (χ3n) is 11.6. The number of amides is 6. The number of aliphatic carboxylic acids is 1. The Morgan fingerprint density at radius 3 is 1.53 bits per heavy atom. The summed E-state index contributed by atoms with van der Waals surface area (Å²) in [5.74, 6) is -6.88. The number of hydrogen-bond donors (Lipinski definition) is 14. The molecule has 0 unspecified atom stereocenters. The van der Waals surface area contributed by atoms with Crippen LogP contribution in [0, 0.1) is 5.92 Å². The van der Waals surface area contributed by atoms with Crippen LogP contribution in [-0.4, -0.2) is 128 Å². The Labute approximate surface area is 403 Å². The summed E-state index contributed by atoms with van der Waals surface area (Å²) in [5.41, 5.74) is 20.2. The third kappa shape index (κ3) is 14.8. The summed E-state index contributed by atoms with van der Waals surface area (Å²) in [6.07, 6.45) is 3.00. The van der Waals surface area contributed by atoms with Gasteiger partial charge in [-0.3, -0.25) is 38.6 Å². The van der Waals surface area contributed by atoms with Crippen LogP contribution in [0.2, 0.25) is 0 Å². The predicted octanol–water partition coefficient (Wildman–Crippen LogP) is -0.575.